The smallest absolute Gasteiger partial charge is 0.162 e. The lowest BCUT2D eigenvalue weighted by Gasteiger charge is -2.06. The Kier molecular flexibility index (Phi) is 3.37. The van der Waals surface area contributed by atoms with Gasteiger partial charge < -0.3 is 4.74 Å². The molecule has 0 saturated heterocycles. The summed E-state index contributed by atoms with van der Waals surface area (Å²) in [6.07, 6.45) is 3.22. The van der Waals surface area contributed by atoms with Gasteiger partial charge in [-0.1, -0.05) is 6.07 Å². The zero-order chi connectivity index (χ0) is 13.1. The van der Waals surface area contributed by atoms with E-state index in [0.29, 0.717) is 5.75 Å². The van der Waals surface area contributed by atoms with Gasteiger partial charge in [-0.15, -0.1) is 0 Å². The fourth-order valence-corrected chi connectivity index (χ4v) is 1.66. The van der Waals surface area contributed by atoms with Gasteiger partial charge >= 0.3 is 0 Å². The number of methoxy groups -OCH3 is 1. The molecule has 2 aromatic rings. The number of ether oxygens (including phenoxy) is 1. The van der Waals surface area contributed by atoms with E-state index in [2.05, 4.69) is 4.98 Å². The highest BCUT2D eigenvalue weighted by molar-refractivity contribution is 5.95. The zero-order valence-electron chi connectivity index (χ0n) is 10.1. The number of benzene rings is 1. The van der Waals surface area contributed by atoms with Gasteiger partial charge in [-0.3, -0.25) is 9.78 Å². The van der Waals surface area contributed by atoms with E-state index in [1.807, 2.05) is 0 Å². The number of pyridine rings is 1. The molecule has 0 aliphatic heterocycles. The lowest BCUT2D eigenvalue weighted by molar-refractivity contribution is 0.101. The minimum absolute atomic E-state index is 0.0790. The van der Waals surface area contributed by atoms with Crippen molar-refractivity contribution in [3.05, 3.63) is 48.0 Å². The molecule has 0 saturated carbocycles. The molecule has 0 amide bonds. The molecule has 0 aliphatic carbocycles. The number of carbonyl (C=O) groups excluding carboxylic acids is 1. The number of ketones is 1. The van der Waals surface area contributed by atoms with E-state index in [1.165, 1.54) is 19.1 Å². The summed E-state index contributed by atoms with van der Waals surface area (Å²) in [5.74, 6) is -0.200. The molecule has 0 aliphatic rings. The molecule has 0 N–H and O–H groups in total. The number of halogens is 1. The Bertz CT molecular complexity index is 596. The van der Waals surface area contributed by atoms with Crippen LogP contribution in [0, 0.1) is 5.82 Å². The van der Waals surface area contributed by atoms with Crippen molar-refractivity contribution in [1.29, 1.82) is 0 Å². The van der Waals surface area contributed by atoms with Crippen LogP contribution in [0.5, 0.6) is 5.75 Å². The van der Waals surface area contributed by atoms with Crippen LogP contribution in [0.4, 0.5) is 4.39 Å². The fraction of sp³-hybridized carbons (Fsp3) is 0.143. The van der Waals surface area contributed by atoms with Gasteiger partial charge in [-0.05, 0) is 30.7 Å². The molecular weight excluding hydrogens is 233 g/mol. The van der Waals surface area contributed by atoms with Crippen molar-refractivity contribution in [2.45, 2.75) is 6.92 Å². The van der Waals surface area contributed by atoms with Gasteiger partial charge in [0, 0.05) is 11.8 Å². The van der Waals surface area contributed by atoms with E-state index >= 15 is 0 Å². The SMILES string of the molecule is COc1cncc(-c2ccc(F)c(C(C)=O)c2)c1. The third kappa shape index (κ3) is 2.37. The van der Waals surface area contributed by atoms with Gasteiger partial charge in [-0.2, -0.15) is 0 Å². The van der Waals surface area contributed by atoms with E-state index < -0.39 is 5.82 Å². The second-order valence-electron chi connectivity index (χ2n) is 3.86. The minimum atomic E-state index is -0.512. The quantitative estimate of drug-likeness (QED) is 0.780. The second kappa shape index (κ2) is 4.96. The number of hydrogen-bond donors (Lipinski definition) is 0. The Morgan fingerprint density at radius 1 is 1.22 bits per heavy atom. The maximum atomic E-state index is 13.4. The van der Waals surface area contributed by atoms with Crippen LogP contribution >= 0.6 is 0 Å². The first-order chi connectivity index (χ1) is 8.61. The molecule has 0 unspecified atom stereocenters. The molecule has 18 heavy (non-hydrogen) atoms. The van der Waals surface area contributed by atoms with E-state index in [9.17, 15) is 9.18 Å². The summed E-state index contributed by atoms with van der Waals surface area (Å²) in [5, 5.41) is 0. The van der Waals surface area contributed by atoms with Gasteiger partial charge in [0.15, 0.2) is 5.78 Å². The third-order valence-electron chi connectivity index (χ3n) is 2.63. The van der Waals surface area contributed by atoms with Crippen molar-refractivity contribution < 1.29 is 13.9 Å². The molecule has 0 fully saturated rings. The van der Waals surface area contributed by atoms with Crippen LogP contribution in [0.2, 0.25) is 0 Å². The van der Waals surface area contributed by atoms with E-state index in [1.54, 1.807) is 31.6 Å². The molecule has 0 bridgehead atoms. The van der Waals surface area contributed by atoms with Gasteiger partial charge in [0.25, 0.3) is 0 Å². The van der Waals surface area contributed by atoms with Crippen molar-refractivity contribution in [3.63, 3.8) is 0 Å². The monoisotopic (exact) mass is 245 g/mol. The molecule has 4 heteroatoms. The number of aromatic nitrogens is 1. The first-order valence-electron chi connectivity index (χ1n) is 5.41. The van der Waals surface area contributed by atoms with Gasteiger partial charge in [0.2, 0.25) is 0 Å². The molecule has 0 radical (unpaired) electrons. The summed E-state index contributed by atoms with van der Waals surface area (Å²) in [4.78, 5) is 15.3. The summed E-state index contributed by atoms with van der Waals surface area (Å²) in [5.41, 5.74) is 1.58. The molecule has 0 spiro atoms. The predicted octanol–water partition coefficient (Wildman–Crippen LogP) is 3.10. The molecule has 92 valence electrons. The largest absolute Gasteiger partial charge is 0.495 e. The molecule has 1 aromatic carbocycles. The van der Waals surface area contributed by atoms with Crippen molar-refractivity contribution in [2.24, 2.45) is 0 Å². The maximum absolute atomic E-state index is 13.4. The Labute approximate surface area is 104 Å². The lowest BCUT2D eigenvalue weighted by atomic mass is 10.0. The maximum Gasteiger partial charge on any atom is 0.162 e. The van der Waals surface area contributed by atoms with Crippen molar-refractivity contribution >= 4 is 5.78 Å². The fourth-order valence-electron chi connectivity index (χ4n) is 1.66. The van der Waals surface area contributed by atoms with Gasteiger partial charge in [0.05, 0.1) is 18.9 Å². The third-order valence-corrected chi connectivity index (χ3v) is 2.63. The number of nitrogens with zero attached hydrogens (tertiary/aromatic N) is 1. The second-order valence-corrected chi connectivity index (χ2v) is 3.86. The highest BCUT2D eigenvalue weighted by atomic mass is 19.1. The first-order valence-corrected chi connectivity index (χ1v) is 5.41. The van der Waals surface area contributed by atoms with Crippen LogP contribution in [0.1, 0.15) is 17.3 Å². The molecular formula is C14H12FNO2. The van der Waals surface area contributed by atoms with Crippen LogP contribution in [0.3, 0.4) is 0 Å². The highest BCUT2D eigenvalue weighted by Gasteiger charge is 2.09. The standard InChI is InChI=1S/C14H12FNO2/c1-9(17)13-6-10(3-4-14(13)15)11-5-12(18-2)8-16-7-11/h3-8H,1-2H3. The molecule has 3 nitrogen and oxygen atoms in total. The van der Waals surface area contributed by atoms with E-state index in [-0.39, 0.29) is 11.3 Å². The Morgan fingerprint density at radius 2 is 2.00 bits per heavy atom. The highest BCUT2D eigenvalue weighted by Crippen LogP contribution is 2.24. The number of rotatable bonds is 3. The van der Waals surface area contributed by atoms with Crippen molar-refractivity contribution in [1.82, 2.24) is 4.98 Å². The Morgan fingerprint density at radius 3 is 2.67 bits per heavy atom. The number of carbonyl (C=O) groups is 1. The average Bonchev–Trinajstić information content (AvgIpc) is 2.39. The number of Topliss-reactive ketones (excluding diaryl/α,β-unsaturated/α-hetero) is 1. The van der Waals surface area contributed by atoms with Crippen LogP contribution in [-0.2, 0) is 0 Å². The van der Waals surface area contributed by atoms with Crippen molar-refractivity contribution in [3.8, 4) is 16.9 Å². The Balaban J connectivity index is 2.50. The van der Waals surface area contributed by atoms with Crippen molar-refractivity contribution in [2.75, 3.05) is 7.11 Å². The average molecular weight is 245 g/mol. The van der Waals surface area contributed by atoms with E-state index in [4.69, 9.17) is 4.74 Å². The van der Waals surface area contributed by atoms with Crippen LogP contribution < -0.4 is 4.74 Å². The van der Waals surface area contributed by atoms with Crippen LogP contribution in [0.25, 0.3) is 11.1 Å². The summed E-state index contributed by atoms with van der Waals surface area (Å²) >= 11 is 0. The summed E-state index contributed by atoms with van der Waals surface area (Å²) in [7, 11) is 1.55. The zero-order valence-corrected chi connectivity index (χ0v) is 10.1. The molecule has 2 rings (SSSR count). The van der Waals surface area contributed by atoms with Gasteiger partial charge in [0.1, 0.15) is 11.6 Å². The summed E-state index contributed by atoms with van der Waals surface area (Å²) < 4.78 is 18.5. The Hall–Kier alpha value is -2.23. The van der Waals surface area contributed by atoms with Crippen LogP contribution in [0.15, 0.2) is 36.7 Å². The topological polar surface area (TPSA) is 39.2 Å². The molecule has 1 heterocycles. The molecule has 1 aromatic heterocycles. The molecule has 0 atom stereocenters. The normalized spacial score (nSPS) is 10.2. The van der Waals surface area contributed by atoms with Crippen LogP contribution in [-0.4, -0.2) is 17.9 Å². The van der Waals surface area contributed by atoms with Gasteiger partial charge in [-0.25, -0.2) is 4.39 Å². The lowest BCUT2D eigenvalue weighted by Crippen LogP contribution is -1.97. The first kappa shape index (κ1) is 12.2. The minimum Gasteiger partial charge on any atom is -0.495 e. The number of hydrogen-bond acceptors (Lipinski definition) is 3. The predicted molar refractivity (Wildman–Crippen MR) is 66.2 cm³/mol. The summed E-state index contributed by atoms with van der Waals surface area (Å²) in [6.45, 7) is 1.34. The van der Waals surface area contributed by atoms with E-state index in [0.717, 1.165) is 11.1 Å². The summed E-state index contributed by atoms with van der Waals surface area (Å²) in [6, 6.07) is 6.20.